The molecule has 26 heavy (non-hydrogen) atoms. The van der Waals surface area contributed by atoms with Crippen molar-refractivity contribution in [1.29, 1.82) is 0 Å². The van der Waals surface area contributed by atoms with E-state index in [0.717, 1.165) is 32.4 Å². The Morgan fingerprint density at radius 1 is 0.808 bits per heavy atom. The largest absolute Gasteiger partial charge is 1.00 e. The summed E-state index contributed by atoms with van der Waals surface area (Å²) in [6.07, 6.45) is 1.88. The number of nitrogens with zero attached hydrogens (tertiary/aromatic N) is 1. The summed E-state index contributed by atoms with van der Waals surface area (Å²) in [5.41, 5.74) is 0.993. The van der Waals surface area contributed by atoms with Crippen molar-refractivity contribution in [2.45, 2.75) is 0 Å². The van der Waals surface area contributed by atoms with E-state index in [1.165, 1.54) is 14.2 Å². The Labute approximate surface area is 156 Å². The van der Waals surface area contributed by atoms with E-state index < -0.39 is 0 Å². The number of hydrogen-bond acceptors (Lipinski definition) is 4. The molecule has 0 aliphatic carbocycles. The molecule has 3 aromatic carbocycles. The molecule has 0 spiro atoms. The lowest BCUT2D eigenvalue weighted by Crippen LogP contribution is -3.00. The molecule has 2 N–H and O–H groups in total. The third-order valence-corrected chi connectivity index (χ3v) is 4.66. The highest BCUT2D eigenvalue weighted by molar-refractivity contribution is 6.15. The lowest BCUT2D eigenvalue weighted by Gasteiger charge is -2.10. The predicted molar refractivity (Wildman–Crippen MR) is 96.6 cm³/mol. The standard InChI is InChI=1S/C20H17NO4.ClH/c1-21-10-15-12(6-7-17(24-2)20(15)23)13-5-4-11-8-16(22)18(25-3)9-14(11)19(13)21;/h4-10H,1-3H3,(H,22,23);1H. The van der Waals surface area contributed by atoms with Crippen molar-refractivity contribution in [2.24, 2.45) is 7.05 Å². The quantitative estimate of drug-likeness (QED) is 0.395. The topological polar surface area (TPSA) is 62.8 Å². The van der Waals surface area contributed by atoms with E-state index >= 15 is 0 Å². The summed E-state index contributed by atoms with van der Waals surface area (Å²) in [5.74, 6) is 1.11. The van der Waals surface area contributed by atoms with Gasteiger partial charge in [0.05, 0.1) is 30.4 Å². The minimum Gasteiger partial charge on any atom is -1.00 e. The normalized spacial score (nSPS) is 10.9. The minimum absolute atomic E-state index is 0. The molecule has 0 bridgehead atoms. The number of pyridine rings is 1. The fourth-order valence-electron chi connectivity index (χ4n) is 3.46. The van der Waals surface area contributed by atoms with Crippen LogP contribution in [0.3, 0.4) is 0 Å². The van der Waals surface area contributed by atoms with Gasteiger partial charge in [-0.2, -0.15) is 4.57 Å². The summed E-state index contributed by atoms with van der Waals surface area (Å²) in [5, 5.41) is 25.0. The molecule has 0 saturated carbocycles. The van der Waals surface area contributed by atoms with Gasteiger partial charge < -0.3 is 32.1 Å². The van der Waals surface area contributed by atoms with Crippen LogP contribution in [0.2, 0.25) is 0 Å². The molecule has 0 aliphatic heterocycles. The van der Waals surface area contributed by atoms with Gasteiger partial charge in [-0.25, -0.2) is 0 Å². The molecule has 0 aliphatic rings. The molecular formula is C20H18ClNO4. The van der Waals surface area contributed by atoms with Crippen molar-refractivity contribution in [2.75, 3.05) is 14.2 Å². The molecule has 0 radical (unpaired) electrons. The fraction of sp³-hybridized carbons (Fsp3) is 0.150. The van der Waals surface area contributed by atoms with Crippen LogP contribution in [0.4, 0.5) is 0 Å². The fourth-order valence-corrected chi connectivity index (χ4v) is 3.46. The molecule has 0 fully saturated rings. The number of phenols is 2. The SMILES string of the molecule is COc1cc2c(ccc3c4ccc(OC)c(O)c4c[n+](C)c23)cc1O.[Cl-]. The van der Waals surface area contributed by atoms with Crippen LogP contribution in [0.15, 0.2) is 42.6 Å². The Morgan fingerprint density at radius 2 is 1.50 bits per heavy atom. The van der Waals surface area contributed by atoms with Crippen molar-refractivity contribution >= 4 is 32.4 Å². The predicted octanol–water partition coefficient (Wildman–Crippen LogP) is 0.403. The van der Waals surface area contributed by atoms with Gasteiger partial charge >= 0.3 is 0 Å². The first-order valence-electron chi connectivity index (χ1n) is 7.87. The van der Waals surface area contributed by atoms with Crippen LogP contribution in [0.25, 0.3) is 32.4 Å². The highest BCUT2D eigenvalue weighted by Gasteiger charge is 2.19. The van der Waals surface area contributed by atoms with Crippen LogP contribution in [-0.2, 0) is 7.05 Å². The molecule has 6 heteroatoms. The summed E-state index contributed by atoms with van der Waals surface area (Å²) < 4.78 is 12.4. The number of fused-ring (bicyclic) bond motifs is 5. The molecule has 0 atom stereocenters. The number of aromatic nitrogens is 1. The highest BCUT2D eigenvalue weighted by atomic mass is 35.5. The zero-order chi connectivity index (χ0) is 17.7. The smallest absolute Gasteiger partial charge is 0.220 e. The lowest BCUT2D eigenvalue weighted by atomic mass is 10.00. The van der Waals surface area contributed by atoms with E-state index in [9.17, 15) is 10.2 Å². The number of rotatable bonds is 2. The number of hydrogen-bond donors (Lipinski definition) is 2. The van der Waals surface area contributed by atoms with Gasteiger partial charge in [-0.15, -0.1) is 0 Å². The van der Waals surface area contributed by atoms with E-state index in [4.69, 9.17) is 9.47 Å². The number of methoxy groups -OCH3 is 2. The average molecular weight is 372 g/mol. The van der Waals surface area contributed by atoms with Crippen LogP contribution >= 0.6 is 0 Å². The van der Waals surface area contributed by atoms with Gasteiger partial charge in [0.15, 0.2) is 29.2 Å². The van der Waals surface area contributed by atoms with E-state index in [-0.39, 0.29) is 23.9 Å². The molecule has 0 saturated heterocycles. The number of phenolic OH excluding ortho intramolecular Hbond substituents is 2. The van der Waals surface area contributed by atoms with Gasteiger partial charge in [0.25, 0.3) is 0 Å². The van der Waals surface area contributed by atoms with Crippen LogP contribution in [0.1, 0.15) is 0 Å². The van der Waals surface area contributed by atoms with E-state index in [1.807, 2.05) is 42.1 Å². The van der Waals surface area contributed by atoms with Gasteiger partial charge in [-0.3, -0.25) is 0 Å². The first kappa shape index (κ1) is 17.9. The van der Waals surface area contributed by atoms with Crippen LogP contribution in [-0.4, -0.2) is 24.4 Å². The minimum atomic E-state index is 0. The zero-order valence-electron chi connectivity index (χ0n) is 14.6. The number of aromatic hydroxyl groups is 2. The molecule has 0 amide bonds. The second-order valence-electron chi connectivity index (χ2n) is 6.02. The maximum atomic E-state index is 10.5. The Kier molecular flexibility index (Phi) is 4.42. The number of benzene rings is 3. The van der Waals surface area contributed by atoms with Crippen LogP contribution in [0, 0.1) is 0 Å². The Bertz CT molecular complexity index is 1160. The van der Waals surface area contributed by atoms with Gasteiger partial charge in [-0.05, 0) is 35.7 Å². The monoisotopic (exact) mass is 371 g/mol. The number of halogens is 1. The number of aryl methyl sites for hydroxylation is 1. The van der Waals surface area contributed by atoms with Crippen molar-refractivity contribution in [3.63, 3.8) is 0 Å². The molecule has 5 nitrogen and oxygen atoms in total. The average Bonchev–Trinajstić information content (AvgIpc) is 2.61. The number of ether oxygens (including phenoxy) is 2. The van der Waals surface area contributed by atoms with Gasteiger partial charge in [0.1, 0.15) is 7.05 Å². The Balaban J connectivity index is 0.00000196. The summed E-state index contributed by atoms with van der Waals surface area (Å²) in [6, 6.07) is 11.2. The van der Waals surface area contributed by atoms with Gasteiger partial charge in [0.2, 0.25) is 5.52 Å². The van der Waals surface area contributed by atoms with Crippen LogP contribution in [0.5, 0.6) is 23.0 Å². The second-order valence-corrected chi connectivity index (χ2v) is 6.02. The molecular weight excluding hydrogens is 354 g/mol. The van der Waals surface area contributed by atoms with Gasteiger partial charge in [-0.1, -0.05) is 6.07 Å². The van der Waals surface area contributed by atoms with Crippen molar-refractivity contribution in [1.82, 2.24) is 0 Å². The summed E-state index contributed by atoms with van der Waals surface area (Å²) in [7, 11) is 5.00. The zero-order valence-corrected chi connectivity index (χ0v) is 15.3. The maximum Gasteiger partial charge on any atom is 0.220 e. The second kappa shape index (κ2) is 6.42. The molecule has 134 valence electrons. The Hall–Kier alpha value is -2.92. The van der Waals surface area contributed by atoms with E-state index in [0.29, 0.717) is 11.5 Å². The van der Waals surface area contributed by atoms with Crippen molar-refractivity contribution in [3.05, 3.63) is 42.6 Å². The lowest BCUT2D eigenvalue weighted by molar-refractivity contribution is -0.642. The van der Waals surface area contributed by atoms with Crippen molar-refractivity contribution < 1.29 is 36.7 Å². The van der Waals surface area contributed by atoms with Crippen molar-refractivity contribution in [3.8, 4) is 23.0 Å². The molecule has 4 aromatic rings. The summed E-state index contributed by atoms with van der Waals surface area (Å²) >= 11 is 0. The molecule has 1 heterocycles. The van der Waals surface area contributed by atoms with E-state index in [2.05, 4.69) is 0 Å². The third kappa shape index (κ3) is 2.44. The third-order valence-electron chi connectivity index (χ3n) is 4.66. The first-order valence-corrected chi connectivity index (χ1v) is 7.87. The molecule has 4 rings (SSSR count). The first-order chi connectivity index (χ1) is 12.0. The summed E-state index contributed by atoms with van der Waals surface area (Å²) in [4.78, 5) is 0. The molecule has 0 unspecified atom stereocenters. The van der Waals surface area contributed by atoms with Gasteiger partial charge in [0, 0.05) is 5.39 Å². The Morgan fingerprint density at radius 3 is 2.19 bits per heavy atom. The highest BCUT2D eigenvalue weighted by Crippen LogP contribution is 2.39. The van der Waals surface area contributed by atoms with E-state index in [1.54, 1.807) is 12.1 Å². The van der Waals surface area contributed by atoms with Crippen LogP contribution < -0.4 is 26.4 Å². The molecule has 1 aromatic heterocycles. The maximum absolute atomic E-state index is 10.5. The summed E-state index contributed by atoms with van der Waals surface area (Å²) in [6.45, 7) is 0.